The van der Waals surface area contributed by atoms with Gasteiger partial charge in [0.15, 0.2) is 11.5 Å². The second kappa shape index (κ2) is 5.00. The molecule has 5 nitrogen and oxygen atoms in total. The van der Waals surface area contributed by atoms with E-state index in [1.165, 1.54) is 0 Å². The number of rotatable bonds is 4. The molecule has 2 rings (SSSR count). The minimum atomic E-state index is 0.485. The number of nitrogens with zero attached hydrogens (tertiary/aromatic N) is 1. The van der Waals surface area contributed by atoms with E-state index in [0.29, 0.717) is 17.5 Å². The molecule has 0 aliphatic heterocycles. The number of aromatic nitrogens is 1. The molecule has 0 saturated carbocycles. The molecule has 0 spiro atoms. The Morgan fingerprint density at radius 1 is 1.17 bits per heavy atom. The van der Waals surface area contributed by atoms with E-state index in [0.717, 1.165) is 16.8 Å². The van der Waals surface area contributed by atoms with Gasteiger partial charge in [-0.1, -0.05) is 0 Å². The van der Waals surface area contributed by atoms with Gasteiger partial charge in [0, 0.05) is 12.6 Å². The number of anilines is 1. The van der Waals surface area contributed by atoms with Gasteiger partial charge in [0.05, 0.1) is 14.2 Å². The Kier molecular flexibility index (Phi) is 3.41. The van der Waals surface area contributed by atoms with E-state index < -0.39 is 0 Å². The zero-order chi connectivity index (χ0) is 13.1. The van der Waals surface area contributed by atoms with E-state index in [-0.39, 0.29) is 0 Å². The predicted molar refractivity (Wildman–Crippen MR) is 69.3 cm³/mol. The molecule has 1 heterocycles. The maximum atomic E-state index is 5.29. The first-order valence-electron chi connectivity index (χ1n) is 5.56. The Bertz CT molecular complexity index is 549. The van der Waals surface area contributed by atoms with Gasteiger partial charge < -0.3 is 19.2 Å². The van der Waals surface area contributed by atoms with Gasteiger partial charge in [-0.05, 0) is 24.6 Å². The van der Waals surface area contributed by atoms with Gasteiger partial charge >= 0.3 is 0 Å². The molecule has 0 atom stereocenters. The van der Waals surface area contributed by atoms with Crippen molar-refractivity contribution in [3.63, 3.8) is 0 Å². The lowest BCUT2D eigenvalue weighted by Gasteiger charge is -2.11. The van der Waals surface area contributed by atoms with Crippen LogP contribution in [0.1, 0.15) is 5.56 Å². The molecule has 0 unspecified atom stereocenters. The average molecular weight is 248 g/mol. The summed E-state index contributed by atoms with van der Waals surface area (Å²) < 4.78 is 15.8. The molecule has 5 heteroatoms. The van der Waals surface area contributed by atoms with Gasteiger partial charge in [-0.15, -0.1) is 0 Å². The standard InChI is InChI=1S/C13H16N2O3/c1-8-5-11(16-3)12(17-4)6-9(8)10-7-18-13(14-2)15-10/h5-7H,1-4H3,(H,14,15). The Labute approximate surface area is 106 Å². The van der Waals surface area contributed by atoms with Crippen LogP contribution in [0.25, 0.3) is 11.3 Å². The topological polar surface area (TPSA) is 56.5 Å². The highest BCUT2D eigenvalue weighted by molar-refractivity contribution is 5.68. The lowest BCUT2D eigenvalue weighted by Crippen LogP contribution is -1.94. The Morgan fingerprint density at radius 2 is 1.83 bits per heavy atom. The number of hydrogen-bond acceptors (Lipinski definition) is 5. The highest BCUT2D eigenvalue weighted by Gasteiger charge is 2.13. The lowest BCUT2D eigenvalue weighted by molar-refractivity contribution is 0.355. The number of aryl methyl sites for hydroxylation is 1. The van der Waals surface area contributed by atoms with Gasteiger partial charge in [-0.3, -0.25) is 0 Å². The third-order valence-electron chi connectivity index (χ3n) is 2.72. The van der Waals surface area contributed by atoms with Crippen LogP contribution in [-0.2, 0) is 0 Å². The zero-order valence-electron chi connectivity index (χ0n) is 10.9. The van der Waals surface area contributed by atoms with Crippen molar-refractivity contribution in [2.45, 2.75) is 6.92 Å². The molecule has 18 heavy (non-hydrogen) atoms. The molecule has 2 aromatic rings. The fraction of sp³-hybridized carbons (Fsp3) is 0.308. The first-order valence-corrected chi connectivity index (χ1v) is 5.56. The van der Waals surface area contributed by atoms with Gasteiger partial charge in [0.25, 0.3) is 6.01 Å². The molecule has 0 saturated heterocycles. The van der Waals surface area contributed by atoms with Crippen LogP contribution in [0.2, 0.25) is 0 Å². The number of hydrogen-bond donors (Lipinski definition) is 1. The summed E-state index contributed by atoms with van der Waals surface area (Å²) in [5, 5.41) is 2.85. The first-order chi connectivity index (χ1) is 8.69. The van der Waals surface area contributed by atoms with Crippen LogP contribution in [0, 0.1) is 6.92 Å². The number of methoxy groups -OCH3 is 2. The minimum absolute atomic E-state index is 0.485. The summed E-state index contributed by atoms with van der Waals surface area (Å²) >= 11 is 0. The normalized spacial score (nSPS) is 10.2. The maximum absolute atomic E-state index is 5.29. The number of benzene rings is 1. The second-order valence-electron chi connectivity index (χ2n) is 3.81. The molecule has 1 aromatic carbocycles. The van der Waals surface area contributed by atoms with E-state index in [9.17, 15) is 0 Å². The maximum Gasteiger partial charge on any atom is 0.294 e. The molecule has 96 valence electrons. The van der Waals surface area contributed by atoms with Crippen molar-refractivity contribution in [3.05, 3.63) is 24.0 Å². The van der Waals surface area contributed by atoms with Crippen LogP contribution < -0.4 is 14.8 Å². The van der Waals surface area contributed by atoms with Crippen LogP contribution in [0.3, 0.4) is 0 Å². The van der Waals surface area contributed by atoms with Gasteiger partial charge in [0.1, 0.15) is 12.0 Å². The Balaban J connectivity index is 2.50. The number of oxazole rings is 1. The van der Waals surface area contributed by atoms with Crippen LogP contribution >= 0.6 is 0 Å². The van der Waals surface area contributed by atoms with Crippen molar-refractivity contribution in [2.75, 3.05) is 26.6 Å². The Hall–Kier alpha value is -2.17. The van der Waals surface area contributed by atoms with Gasteiger partial charge in [-0.25, -0.2) is 0 Å². The van der Waals surface area contributed by atoms with Crippen LogP contribution in [-0.4, -0.2) is 26.3 Å². The molecular formula is C13H16N2O3. The van der Waals surface area contributed by atoms with Crippen LogP contribution in [0.15, 0.2) is 22.8 Å². The van der Waals surface area contributed by atoms with Crippen LogP contribution in [0.4, 0.5) is 6.01 Å². The monoisotopic (exact) mass is 248 g/mol. The van der Waals surface area contributed by atoms with Crippen molar-refractivity contribution >= 4 is 6.01 Å². The summed E-state index contributed by atoms with van der Waals surface area (Å²) in [5.41, 5.74) is 2.76. The third-order valence-corrected chi connectivity index (χ3v) is 2.72. The van der Waals surface area contributed by atoms with E-state index >= 15 is 0 Å². The van der Waals surface area contributed by atoms with Crippen molar-refractivity contribution in [1.82, 2.24) is 4.98 Å². The highest BCUT2D eigenvalue weighted by atomic mass is 16.5. The quantitative estimate of drug-likeness (QED) is 0.901. The Morgan fingerprint density at radius 3 is 2.39 bits per heavy atom. The van der Waals surface area contributed by atoms with Crippen molar-refractivity contribution in [2.24, 2.45) is 0 Å². The minimum Gasteiger partial charge on any atom is -0.493 e. The van der Waals surface area contributed by atoms with Crippen molar-refractivity contribution < 1.29 is 13.9 Å². The van der Waals surface area contributed by atoms with Crippen molar-refractivity contribution in [1.29, 1.82) is 0 Å². The molecule has 0 fully saturated rings. The van der Waals surface area contributed by atoms with E-state index in [4.69, 9.17) is 13.9 Å². The number of ether oxygens (including phenoxy) is 2. The first kappa shape index (κ1) is 12.3. The second-order valence-corrected chi connectivity index (χ2v) is 3.81. The summed E-state index contributed by atoms with van der Waals surface area (Å²) in [5.74, 6) is 1.38. The summed E-state index contributed by atoms with van der Waals surface area (Å²) in [6.07, 6.45) is 1.61. The molecule has 1 N–H and O–H groups in total. The summed E-state index contributed by atoms with van der Waals surface area (Å²) in [7, 11) is 4.99. The fourth-order valence-corrected chi connectivity index (χ4v) is 1.77. The van der Waals surface area contributed by atoms with Crippen LogP contribution in [0.5, 0.6) is 11.5 Å². The third kappa shape index (κ3) is 2.11. The van der Waals surface area contributed by atoms with Crippen molar-refractivity contribution in [3.8, 4) is 22.8 Å². The molecule has 0 amide bonds. The SMILES string of the molecule is CNc1nc(-c2cc(OC)c(OC)cc2C)co1. The largest absolute Gasteiger partial charge is 0.493 e. The predicted octanol–water partition coefficient (Wildman–Crippen LogP) is 2.71. The number of nitrogens with one attached hydrogen (secondary N) is 1. The summed E-state index contributed by atoms with van der Waals surface area (Å²) in [6, 6.07) is 4.30. The summed E-state index contributed by atoms with van der Waals surface area (Å²) in [4.78, 5) is 4.32. The average Bonchev–Trinajstić information content (AvgIpc) is 2.86. The molecule has 0 bridgehead atoms. The molecule has 0 aliphatic rings. The van der Waals surface area contributed by atoms with Gasteiger partial charge in [0.2, 0.25) is 0 Å². The molecule has 0 aliphatic carbocycles. The highest BCUT2D eigenvalue weighted by Crippen LogP contribution is 2.35. The van der Waals surface area contributed by atoms with E-state index in [1.54, 1.807) is 27.5 Å². The van der Waals surface area contributed by atoms with E-state index in [2.05, 4.69) is 10.3 Å². The zero-order valence-corrected chi connectivity index (χ0v) is 10.9. The van der Waals surface area contributed by atoms with E-state index in [1.807, 2.05) is 19.1 Å². The summed E-state index contributed by atoms with van der Waals surface area (Å²) in [6.45, 7) is 1.99. The van der Waals surface area contributed by atoms with Gasteiger partial charge in [-0.2, -0.15) is 4.98 Å². The fourth-order valence-electron chi connectivity index (χ4n) is 1.77. The smallest absolute Gasteiger partial charge is 0.294 e. The molecule has 1 aromatic heterocycles. The molecular weight excluding hydrogens is 232 g/mol. The molecule has 0 radical (unpaired) electrons. The lowest BCUT2D eigenvalue weighted by atomic mass is 10.1.